The summed E-state index contributed by atoms with van der Waals surface area (Å²) in [5, 5.41) is 13.3. The summed E-state index contributed by atoms with van der Waals surface area (Å²) < 4.78 is 1.60. The molecule has 2 rings (SSSR count). The van der Waals surface area contributed by atoms with Gasteiger partial charge in [0.15, 0.2) is 6.29 Å². The molecule has 1 aliphatic rings. The van der Waals surface area contributed by atoms with Crippen molar-refractivity contribution >= 4 is 17.6 Å². The summed E-state index contributed by atoms with van der Waals surface area (Å²) in [6, 6.07) is 1.84. The molecule has 0 aliphatic carbocycles. The zero-order chi connectivity index (χ0) is 15.8. The second-order valence-corrected chi connectivity index (χ2v) is 6.56. The third-order valence-electron chi connectivity index (χ3n) is 3.26. The number of carbonyl (C=O) groups excluding carboxylic acids is 2. The Hall–Kier alpha value is -1.89. The molecule has 3 N–H and O–H groups in total. The maximum Gasteiger partial charge on any atom is 0.230 e. The van der Waals surface area contributed by atoms with Crippen molar-refractivity contribution < 1.29 is 9.59 Å². The average Bonchev–Trinajstić information content (AvgIpc) is 2.67. The van der Waals surface area contributed by atoms with Crippen molar-refractivity contribution in [1.29, 1.82) is 0 Å². The number of carbonyl (C=O) groups is 2. The van der Waals surface area contributed by atoms with Gasteiger partial charge in [-0.1, -0.05) is 20.8 Å². The second kappa shape index (κ2) is 5.48. The van der Waals surface area contributed by atoms with E-state index in [0.717, 1.165) is 5.69 Å². The first kappa shape index (κ1) is 15.5. The van der Waals surface area contributed by atoms with Crippen LogP contribution in [0.4, 0.5) is 5.82 Å². The van der Waals surface area contributed by atoms with Crippen LogP contribution in [0.2, 0.25) is 0 Å². The summed E-state index contributed by atoms with van der Waals surface area (Å²) in [6.45, 7) is 9.32. The van der Waals surface area contributed by atoms with Crippen molar-refractivity contribution in [1.82, 2.24) is 20.4 Å². The predicted octanol–water partition coefficient (Wildman–Crippen LogP) is 1.13. The normalized spacial score (nSPS) is 22.8. The van der Waals surface area contributed by atoms with E-state index in [9.17, 15) is 9.59 Å². The molecule has 2 unspecified atom stereocenters. The Morgan fingerprint density at radius 2 is 2.14 bits per heavy atom. The van der Waals surface area contributed by atoms with E-state index in [2.05, 4.69) is 21.0 Å². The van der Waals surface area contributed by atoms with Gasteiger partial charge in [-0.05, 0) is 13.8 Å². The molecule has 1 aliphatic heterocycles. The second-order valence-electron chi connectivity index (χ2n) is 6.56. The number of nitrogens with one attached hydrogen (secondary N) is 3. The fourth-order valence-electron chi connectivity index (χ4n) is 2.10. The number of rotatable bonds is 2. The van der Waals surface area contributed by atoms with Crippen LogP contribution >= 0.6 is 0 Å². The van der Waals surface area contributed by atoms with E-state index in [-0.39, 0.29) is 17.9 Å². The maximum atomic E-state index is 12.1. The van der Waals surface area contributed by atoms with Crippen molar-refractivity contribution in [2.24, 2.45) is 5.41 Å². The average molecular weight is 293 g/mol. The third kappa shape index (κ3) is 3.60. The van der Waals surface area contributed by atoms with E-state index in [1.54, 1.807) is 10.7 Å². The van der Waals surface area contributed by atoms with Crippen LogP contribution < -0.4 is 16.0 Å². The highest BCUT2D eigenvalue weighted by molar-refractivity contribution is 5.93. The van der Waals surface area contributed by atoms with Crippen molar-refractivity contribution in [3.05, 3.63) is 11.8 Å². The maximum absolute atomic E-state index is 12.1. The molecule has 116 valence electrons. The Morgan fingerprint density at radius 1 is 1.48 bits per heavy atom. The number of hydrogen-bond acceptors (Lipinski definition) is 4. The molecule has 7 nitrogen and oxygen atoms in total. The van der Waals surface area contributed by atoms with Gasteiger partial charge in [-0.2, -0.15) is 5.10 Å². The van der Waals surface area contributed by atoms with E-state index in [4.69, 9.17) is 0 Å². The van der Waals surface area contributed by atoms with Gasteiger partial charge < -0.3 is 10.6 Å². The molecule has 0 radical (unpaired) electrons. The third-order valence-corrected chi connectivity index (χ3v) is 3.26. The van der Waals surface area contributed by atoms with Crippen LogP contribution in [0, 0.1) is 12.3 Å². The molecule has 0 saturated carbocycles. The van der Waals surface area contributed by atoms with Crippen LogP contribution in [0.1, 0.15) is 46.1 Å². The lowest BCUT2D eigenvalue weighted by Crippen LogP contribution is -2.52. The molecule has 0 spiro atoms. The van der Waals surface area contributed by atoms with E-state index < -0.39 is 11.7 Å². The van der Waals surface area contributed by atoms with Gasteiger partial charge in [-0.3, -0.25) is 14.9 Å². The molecular formula is C14H23N5O2. The first-order valence-corrected chi connectivity index (χ1v) is 7.10. The minimum Gasteiger partial charge on any atom is -0.322 e. The van der Waals surface area contributed by atoms with Crippen LogP contribution in [0.25, 0.3) is 0 Å². The highest BCUT2D eigenvalue weighted by Crippen LogP contribution is 2.21. The van der Waals surface area contributed by atoms with Crippen LogP contribution in [-0.4, -0.2) is 27.6 Å². The molecule has 0 aromatic carbocycles. The van der Waals surface area contributed by atoms with Crippen LogP contribution in [0.3, 0.4) is 0 Å². The molecule has 2 atom stereocenters. The van der Waals surface area contributed by atoms with E-state index in [0.29, 0.717) is 12.2 Å². The van der Waals surface area contributed by atoms with Gasteiger partial charge in [0.2, 0.25) is 11.8 Å². The number of aromatic nitrogens is 2. The molecule has 21 heavy (non-hydrogen) atoms. The molecule has 1 fully saturated rings. The lowest BCUT2D eigenvalue weighted by atomic mass is 9.96. The summed E-state index contributed by atoms with van der Waals surface area (Å²) in [4.78, 5) is 23.8. The highest BCUT2D eigenvalue weighted by Gasteiger charge is 2.28. The number of hydrogen-bond donors (Lipinski definition) is 3. The smallest absolute Gasteiger partial charge is 0.230 e. The number of amides is 2. The molecule has 2 amide bonds. The minimum absolute atomic E-state index is 0.0347. The highest BCUT2D eigenvalue weighted by atomic mass is 16.2. The van der Waals surface area contributed by atoms with Crippen molar-refractivity contribution in [2.75, 3.05) is 5.32 Å². The molecule has 1 aromatic rings. The zero-order valence-electron chi connectivity index (χ0n) is 13.2. The SMILES string of the molecule is Cc1cc(NC(=O)C(C)(C)C)n(C2NC(=O)CC(C)N2)n1. The Bertz CT molecular complexity index is 558. The van der Waals surface area contributed by atoms with Crippen molar-refractivity contribution in [3.63, 3.8) is 0 Å². The molecule has 2 heterocycles. The molecule has 1 aromatic heterocycles. The molecular weight excluding hydrogens is 270 g/mol. The summed E-state index contributed by atoms with van der Waals surface area (Å²) in [5.41, 5.74) is 0.271. The number of anilines is 1. The van der Waals surface area contributed by atoms with Gasteiger partial charge in [0, 0.05) is 23.9 Å². The summed E-state index contributed by atoms with van der Waals surface area (Å²) in [5.74, 6) is 0.436. The largest absolute Gasteiger partial charge is 0.322 e. The Kier molecular flexibility index (Phi) is 4.04. The van der Waals surface area contributed by atoms with Gasteiger partial charge in [0.25, 0.3) is 0 Å². The lowest BCUT2D eigenvalue weighted by Gasteiger charge is -2.30. The minimum atomic E-state index is -0.500. The molecule has 0 bridgehead atoms. The predicted molar refractivity (Wildman–Crippen MR) is 79.4 cm³/mol. The van der Waals surface area contributed by atoms with Gasteiger partial charge in [0.1, 0.15) is 5.82 Å². The van der Waals surface area contributed by atoms with Crippen molar-refractivity contribution in [2.45, 2.75) is 53.4 Å². The van der Waals surface area contributed by atoms with Crippen molar-refractivity contribution in [3.8, 4) is 0 Å². The fraction of sp³-hybridized carbons (Fsp3) is 0.643. The summed E-state index contributed by atoms with van der Waals surface area (Å²) in [6.07, 6.45) is -0.0225. The van der Waals surface area contributed by atoms with E-state index in [1.165, 1.54) is 0 Å². The lowest BCUT2D eigenvalue weighted by molar-refractivity contribution is -0.125. The van der Waals surface area contributed by atoms with Gasteiger partial charge >= 0.3 is 0 Å². The van der Waals surface area contributed by atoms with E-state index in [1.807, 2.05) is 34.6 Å². The quantitative estimate of drug-likeness (QED) is 0.762. The topological polar surface area (TPSA) is 88.0 Å². The summed E-state index contributed by atoms with van der Waals surface area (Å²) in [7, 11) is 0. The van der Waals surface area contributed by atoms with Gasteiger partial charge in [-0.25, -0.2) is 4.68 Å². The van der Waals surface area contributed by atoms with Gasteiger partial charge in [-0.15, -0.1) is 0 Å². The molecule has 1 saturated heterocycles. The van der Waals surface area contributed by atoms with E-state index >= 15 is 0 Å². The Morgan fingerprint density at radius 3 is 2.71 bits per heavy atom. The number of nitrogens with zero attached hydrogens (tertiary/aromatic N) is 2. The number of aryl methyl sites for hydroxylation is 1. The fourth-order valence-corrected chi connectivity index (χ4v) is 2.10. The van der Waals surface area contributed by atoms with Crippen LogP contribution in [0.15, 0.2) is 6.07 Å². The van der Waals surface area contributed by atoms with Crippen LogP contribution in [-0.2, 0) is 9.59 Å². The summed E-state index contributed by atoms with van der Waals surface area (Å²) >= 11 is 0. The standard InChI is InChI=1S/C14H23N5O2/c1-8-7-11(20)17-13(15-8)19-10(6-9(2)18-19)16-12(21)14(3,4)5/h6,8,13,15H,7H2,1-5H3,(H,16,21)(H,17,20). The first-order valence-electron chi connectivity index (χ1n) is 7.10. The Balaban J connectivity index is 2.24. The monoisotopic (exact) mass is 293 g/mol. The Labute approximate surface area is 124 Å². The zero-order valence-corrected chi connectivity index (χ0v) is 13.2. The van der Waals surface area contributed by atoms with Crippen LogP contribution in [0.5, 0.6) is 0 Å². The molecule has 7 heteroatoms. The van der Waals surface area contributed by atoms with Gasteiger partial charge in [0.05, 0.1) is 5.69 Å². The first-order chi connectivity index (χ1) is 9.66.